The van der Waals surface area contributed by atoms with Gasteiger partial charge in [0.05, 0.1) is 13.2 Å². The van der Waals surface area contributed by atoms with E-state index in [-0.39, 0.29) is 0 Å². The molecule has 1 saturated heterocycles. The molecule has 1 heterocycles. The maximum Gasteiger partial charge on any atom is 0.321 e. The number of rotatable bonds is 4. The average Bonchev–Trinajstić information content (AvgIpc) is 2.38. The first-order valence-corrected chi connectivity index (χ1v) is 6.68. The van der Waals surface area contributed by atoms with E-state index in [2.05, 4.69) is 6.07 Å². The highest BCUT2D eigenvalue weighted by Gasteiger charge is 2.27. The molecule has 1 aromatic carbocycles. The summed E-state index contributed by atoms with van der Waals surface area (Å²) in [4.78, 5) is 13.5. The minimum absolute atomic E-state index is 0.453. The molecule has 0 aromatic heterocycles. The van der Waals surface area contributed by atoms with Crippen molar-refractivity contribution in [3.63, 3.8) is 0 Å². The standard InChI is InChI=1S/C15H21NO3/c1-11-3-4-13(12(2)9-11)10-14(15(17)18)16-5-7-19-8-6-16/h3-4,9,14H,5-8,10H2,1-2H3,(H,17,18)/t14-/m1/s1. The minimum Gasteiger partial charge on any atom is -0.480 e. The molecule has 0 radical (unpaired) electrons. The fourth-order valence-electron chi connectivity index (χ4n) is 2.54. The zero-order chi connectivity index (χ0) is 13.8. The SMILES string of the molecule is Cc1ccc(C[C@H](C(=O)O)N2CCOCC2)c(C)c1. The molecule has 0 aliphatic carbocycles. The lowest BCUT2D eigenvalue weighted by atomic mass is 9.98. The van der Waals surface area contributed by atoms with Gasteiger partial charge in [0.15, 0.2) is 0 Å². The molecule has 1 fully saturated rings. The number of ether oxygens (including phenoxy) is 1. The fourth-order valence-corrected chi connectivity index (χ4v) is 2.54. The van der Waals surface area contributed by atoms with Crippen LogP contribution in [0.2, 0.25) is 0 Å². The molecule has 1 aliphatic heterocycles. The van der Waals surface area contributed by atoms with Crippen LogP contribution in [0.25, 0.3) is 0 Å². The summed E-state index contributed by atoms with van der Waals surface area (Å²) in [6, 6.07) is 5.74. The number of carbonyl (C=O) groups is 1. The van der Waals surface area contributed by atoms with Gasteiger partial charge in [-0.25, -0.2) is 0 Å². The lowest BCUT2D eigenvalue weighted by molar-refractivity contribution is -0.145. The molecule has 0 bridgehead atoms. The minimum atomic E-state index is -0.748. The highest BCUT2D eigenvalue weighted by molar-refractivity contribution is 5.74. The second kappa shape index (κ2) is 6.17. The Morgan fingerprint density at radius 3 is 2.63 bits per heavy atom. The number of nitrogens with zero attached hydrogens (tertiary/aromatic N) is 1. The van der Waals surface area contributed by atoms with E-state index in [1.165, 1.54) is 11.1 Å². The molecule has 0 saturated carbocycles. The second-order valence-electron chi connectivity index (χ2n) is 5.14. The van der Waals surface area contributed by atoms with E-state index in [0.717, 1.165) is 5.56 Å². The Morgan fingerprint density at radius 1 is 1.37 bits per heavy atom. The molecule has 104 valence electrons. The molecule has 0 unspecified atom stereocenters. The largest absolute Gasteiger partial charge is 0.480 e. The van der Waals surface area contributed by atoms with E-state index in [4.69, 9.17) is 4.74 Å². The molecule has 19 heavy (non-hydrogen) atoms. The zero-order valence-corrected chi connectivity index (χ0v) is 11.6. The van der Waals surface area contributed by atoms with Gasteiger partial charge in [-0.15, -0.1) is 0 Å². The Morgan fingerprint density at radius 2 is 2.05 bits per heavy atom. The van der Waals surface area contributed by atoms with Crippen LogP contribution < -0.4 is 0 Å². The van der Waals surface area contributed by atoms with Crippen LogP contribution in [0, 0.1) is 13.8 Å². The van der Waals surface area contributed by atoms with Gasteiger partial charge in [-0.3, -0.25) is 9.69 Å². The Hall–Kier alpha value is -1.39. The Bertz CT molecular complexity index is 453. The van der Waals surface area contributed by atoms with Crippen molar-refractivity contribution in [1.29, 1.82) is 0 Å². The lowest BCUT2D eigenvalue weighted by Gasteiger charge is -2.32. The molecular formula is C15H21NO3. The number of aryl methyl sites for hydroxylation is 2. The number of hydrogen-bond acceptors (Lipinski definition) is 3. The Labute approximate surface area is 114 Å². The summed E-state index contributed by atoms with van der Waals surface area (Å²) in [6.07, 6.45) is 0.557. The monoisotopic (exact) mass is 263 g/mol. The molecular weight excluding hydrogens is 242 g/mol. The van der Waals surface area contributed by atoms with Crippen molar-refractivity contribution in [2.75, 3.05) is 26.3 Å². The van der Waals surface area contributed by atoms with E-state index in [1.54, 1.807) is 0 Å². The van der Waals surface area contributed by atoms with E-state index < -0.39 is 12.0 Å². The molecule has 4 nitrogen and oxygen atoms in total. The quantitative estimate of drug-likeness (QED) is 0.897. The van der Waals surface area contributed by atoms with Crippen molar-refractivity contribution >= 4 is 5.97 Å². The van der Waals surface area contributed by atoms with Crippen molar-refractivity contribution in [2.45, 2.75) is 26.3 Å². The first kappa shape index (κ1) is 14.0. The number of carboxylic acids is 1. The van der Waals surface area contributed by atoms with Crippen LogP contribution in [0.5, 0.6) is 0 Å². The maximum absolute atomic E-state index is 11.5. The van der Waals surface area contributed by atoms with Gasteiger partial charge in [0.25, 0.3) is 0 Å². The van der Waals surface area contributed by atoms with Gasteiger partial charge in [-0.1, -0.05) is 23.8 Å². The van der Waals surface area contributed by atoms with Gasteiger partial charge in [0, 0.05) is 13.1 Å². The summed E-state index contributed by atoms with van der Waals surface area (Å²) in [7, 11) is 0. The lowest BCUT2D eigenvalue weighted by Crippen LogP contribution is -2.48. The van der Waals surface area contributed by atoms with Crippen LogP contribution in [0.4, 0.5) is 0 Å². The molecule has 0 spiro atoms. The molecule has 1 N–H and O–H groups in total. The molecule has 4 heteroatoms. The smallest absolute Gasteiger partial charge is 0.321 e. The van der Waals surface area contributed by atoms with Crippen LogP contribution in [0.1, 0.15) is 16.7 Å². The van der Waals surface area contributed by atoms with E-state index in [9.17, 15) is 9.90 Å². The number of hydrogen-bond donors (Lipinski definition) is 1. The van der Waals surface area contributed by atoms with Crippen LogP contribution in [0.3, 0.4) is 0 Å². The van der Waals surface area contributed by atoms with E-state index >= 15 is 0 Å². The first-order valence-electron chi connectivity index (χ1n) is 6.68. The van der Waals surface area contributed by atoms with Gasteiger partial charge in [-0.05, 0) is 31.4 Å². The van der Waals surface area contributed by atoms with Crippen LogP contribution in [-0.2, 0) is 16.0 Å². The van der Waals surface area contributed by atoms with Crippen LogP contribution in [0.15, 0.2) is 18.2 Å². The van der Waals surface area contributed by atoms with Gasteiger partial charge in [0.1, 0.15) is 6.04 Å². The predicted molar refractivity (Wildman–Crippen MR) is 73.4 cm³/mol. The number of aliphatic carboxylic acids is 1. The summed E-state index contributed by atoms with van der Waals surface area (Å²) in [6.45, 7) is 6.73. The van der Waals surface area contributed by atoms with Gasteiger partial charge < -0.3 is 9.84 Å². The third-order valence-corrected chi connectivity index (χ3v) is 3.68. The highest BCUT2D eigenvalue weighted by Crippen LogP contribution is 2.16. The third-order valence-electron chi connectivity index (χ3n) is 3.68. The molecule has 2 rings (SSSR count). The van der Waals surface area contributed by atoms with E-state index in [0.29, 0.717) is 32.7 Å². The zero-order valence-electron chi connectivity index (χ0n) is 11.6. The fraction of sp³-hybridized carbons (Fsp3) is 0.533. The van der Waals surface area contributed by atoms with Gasteiger partial charge >= 0.3 is 5.97 Å². The summed E-state index contributed by atoms with van der Waals surface area (Å²) in [5, 5.41) is 9.45. The van der Waals surface area contributed by atoms with E-state index in [1.807, 2.05) is 30.9 Å². The molecule has 0 amide bonds. The van der Waals surface area contributed by atoms with Crippen molar-refractivity contribution < 1.29 is 14.6 Å². The summed E-state index contributed by atoms with van der Waals surface area (Å²) in [5.41, 5.74) is 3.49. The topological polar surface area (TPSA) is 49.8 Å². The average molecular weight is 263 g/mol. The summed E-state index contributed by atoms with van der Waals surface area (Å²) < 4.78 is 5.28. The Balaban J connectivity index is 2.13. The predicted octanol–water partition coefficient (Wildman–Crippen LogP) is 1.63. The molecule has 1 aliphatic rings. The van der Waals surface area contributed by atoms with Crippen LogP contribution >= 0.6 is 0 Å². The maximum atomic E-state index is 11.5. The number of carboxylic acid groups (broad SMARTS) is 1. The molecule has 1 atom stereocenters. The summed E-state index contributed by atoms with van der Waals surface area (Å²) in [5.74, 6) is -0.748. The highest BCUT2D eigenvalue weighted by atomic mass is 16.5. The van der Waals surface area contributed by atoms with Crippen molar-refractivity contribution in [3.05, 3.63) is 34.9 Å². The van der Waals surface area contributed by atoms with Crippen molar-refractivity contribution in [3.8, 4) is 0 Å². The van der Waals surface area contributed by atoms with Crippen LogP contribution in [-0.4, -0.2) is 48.3 Å². The first-order chi connectivity index (χ1) is 9.08. The number of benzene rings is 1. The molecule has 1 aromatic rings. The Kier molecular flexibility index (Phi) is 4.56. The number of morpholine rings is 1. The van der Waals surface area contributed by atoms with Crippen molar-refractivity contribution in [2.24, 2.45) is 0 Å². The summed E-state index contributed by atoms with van der Waals surface area (Å²) >= 11 is 0. The van der Waals surface area contributed by atoms with Crippen molar-refractivity contribution in [1.82, 2.24) is 4.90 Å². The van der Waals surface area contributed by atoms with Gasteiger partial charge in [-0.2, -0.15) is 0 Å². The normalized spacial score (nSPS) is 18.2. The third kappa shape index (κ3) is 3.55. The second-order valence-corrected chi connectivity index (χ2v) is 5.14. The van der Waals surface area contributed by atoms with Gasteiger partial charge in [0.2, 0.25) is 0 Å².